The second-order valence-corrected chi connectivity index (χ2v) is 8.14. The fourth-order valence-corrected chi connectivity index (χ4v) is 4.89. The molecule has 2 N–H and O–H groups in total. The van der Waals surface area contributed by atoms with Crippen LogP contribution in [0.3, 0.4) is 0 Å². The second kappa shape index (κ2) is 6.62. The van der Waals surface area contributed by atoms with Crippen molar-refractivity contribution in [2.75, 3.05) is 26.2 Å². The van der Waals surface area contributed by atoms with E-state index in [0.717, 1.165) is 24.9 Å². The van der Waals surface area contributed by atoms with E-state index in [-0.39, 0.29) is 0 Å². The van der Waals surface area contributed by atoms with Gasteiger partial charge in [0.25, 0.3) is 0 Å². The number of aliphatic hydroxyl groups is 1. The van der Waals surface area contributed by atoms with Crippen LogP contribution in [-0.2, 0) is 0 Å². The SMILES string of the molecule is CC/C(=C\c1ccccc1)[C@@H]1C[C@H]1NC1CC2(C1)CN(CCO)C2. The van der Waals surface area contributed by atoms with Crippen LogP contribution in [0.15, 0.2) is 35.9 Å². The lowest BCUT2D eigenvalue weighted by atomic mass is 9.60. The molecule has 2 saturated carbocycles. The van der Waals surface area contributed by atoms with E-state index >= 15 is 0 Å². The summed E-state index contributed by atoms with van der Waals surface area (Å²) >= 11 is 0. The Hall–Kier alpha value is -1.16. The van der Waals surface area contributed by atoms with Gasteiger partial charge in [-0.15, -0.1) is 0 Å². The van der Waals surface area contributed by atoms with Crippen molar-refractivity contribution in [3.05, 3.63) is 41.5 Å². The van der Waals surface area contributed by atoms with Crippen LogP contribution in [-0.4, -0.2) is 48.3 Å². The number of likely N-dealkylation sites (tertiary alicyclic amines) is 1. The Bertz CT molecular complexity index is 583. The molecule has 0 unspecified atom stereocenters. The standard InChI is InChI=1S/C21H30N2O/c1-2-17(10-16-6-4-3-5-7-16)19-11-20(19)22-18-12-21(13-18)14-23(15-21)8-9-24/h3-7,10,18-20,22,24H,2,8-9,11-15H2,1H3/b17-10+/t19-,20+/m0/s1. The molecule has 1 heterocycles. The molecule has 130 valence electrons. The number of nitrogens with zero attached hydrogens (tertiary/aromatic N) is 1. The number of hydrogen-bond acceptors (Lipinski definition) is 3. The third-order valence-electron chi connectivity index (χ3n) is 6.17. The van der Waals surface area contributed by atoms with E-state index in [1.54, 1.807) is 5.57 Å². The molecule has 1 saturated heterocycles. The molecule has 24 heavy (non-hydrogen) atoms. The molecule has 0 amide bonds. The van der Waals surface area contributed by atoms with Crippen LogP contribution >= 0.6 is 0 Å². The number of β-amino-alcohol motifs (C(OH)–C–C–N with tert-alkyl or cyclic N) is 1. The van der Waals surface area contributed by atoms with Crippen molar-refractivity contribution in [1.82, 2.24) is 10.2 Å². The van der Waals surface area contributed by atoms with Gasteiger partial charge in [-0.2, -0.15) is 0 Å². The maximum absolute atomic E-state index is 8.99. The van der Waals surface area contributed by atoms with Gasteiger partial charge in [0.15, 0.2) is 0 Å². The first kappa shape index (κ1) is 16.3. The van der Waals surface area contributed by atoms with Gasteiger partial charge in [0.2, 0.25) is 0 Å². The molecule has 2 aliphatic carbocycles. The highest BCUT2D eigenvalue weighted by Gasteiger charge is 2.53. The smallest absolute Gasteiger partial charge is 0.0558 e. The molecule has 0 radical (unpaired) electrons. The van der Waals surface area contributed by atoms with Crippen molar-refractivity contribution in [2.24, 2.45) is 11.3 Å². The fourth-order valence-electron chi connectivity index (χ4n) is 4.89. The predicted octanol–water partition coefficient (Wildman–Crippen LogP) is 2.91. The quantitative estimate of drug-likeness (QED) is 0.809. The van der Waals surface area contributed by atoms with Gasteiger partial charge in [-0.05, 0) is 42.6 Å². The van der Waals surface area contributed by atoms with Crippen LogP contribution in [0.25, 0.3) is 6.08 Å². The third kappa shape index (κ3) is 3.30. The predicted molar refractivity (Wildman–Crippen MR) is 98.7 cm³/mol. The summed E-state index contributed by atoms with van der Waals surface area (Å²) in [5.74, 6) is 0.749. The molecule has 2 atom stereocenters. The second-order valence-electron chi connectivity index (χ2n) is 8.14. The van der Waals surface area contributed by atoms with Gasteiger partial charge in [0.05, 0.1) is 6.61 Å². The van der Waals surface area contributed by atoms with Crippen molar-refractivity contribution in [3.63, 3.8) is 0 Å². The van der Waals surface area contributed by atoms with Crippen molar-refractivity contribution in [3.8, 4) is 0 Å². The molecule has 4 rings (SSSR count). The fraction of sp³-hybridized carbons (Fsp3) is 0.619. The number of nitrogens with one attached hydrogen (secondary N) is 1. The topological polar surface area (TPSA) is 35.5 Å². The van der Waals surface area contributed by atoms with Crippen LogP contribution in [0, 0.1) is 11.3 Å². The summed E-state index contributed by atoms with van der Waals surface area (Å²) in [4.78, 5) is 2.38. The Morgan fingerprint density at radius 1 is 1.29 bits per heavy atom. The van der Waals surface area contributed by atoms with E-state index in [4.69, 9.17) is 5.11 Å². The van der Waals surface area contributed by atoms with E-state index in [2.05, 4.69) is 53.5 Å². The summed E-state index contributed by atoms with van der Waals surface area (Å²) in [6.07, 6.45) is 7.53. The maximum atomic E-state index is 8.99. The zero-order valence-corrected chi connectivity index (χ0v) is 14.7. The van der Waals surface area contributed by atoms with Gasteiger partial charge in [-0.1, -0.05) is 48.9 Å². The lowest BCUT2D eigenvalue weighted by molar-refractivity contribution is -0.0832. The Balaban J connectivity index is 1.24. The third-order valence-corrected chi connectivity index (χ3v) is 6.17. The molecule has 0 bridgehead atoms. The van der Waals surface area contributed by atoms with Crippen LogP contribution in [0.4, 0.5) is 0 Å². The monoisotopic (exact) mass is 326 g/mol. The number of hydrogen-bond donors (Lipinski definition) is 2. The van der Waals surface area contributed by atoms with Crippen LogP contribution in [0.5, 0.6) is 0 Å². The molecule has 1 aliphatic heterocycles. The van der Waals surface area contributed by atoms with Crippen LogP contribution in [0.1, 0.15) is 38.2 Å². The van der Waals surface area contributed by atoms with Gasteiger partial charge >= 0.3 is 0 Å². The highest BCUT2D eigenvalue weighted by atomic mass is 16.3. The Kier molecular flexibility index (Phi) is 4.50. The maximum Gasteiger partial charge on any atom is 0.0558 e. The lowest BCUT2D eigenvalue weighted by Gasteiger charge is -2.59. The van der Waals surface area contributed by atoms with Crippen molar-refractivity contribution < 1.29 is 5.11 Å². The normalized spacial score (nSPS) is 29.3. The van der Waals surface area contributed by atoms with Gasteiger partial charge in [-0.25, -0.2) is 0 Å². The van der Waals surface area contributed by atoms with Crippen molar-refractivity contribution in [1.29, 1.82) is 0 Å². The van der Waals surface area contributed by atoms with Gasteiger partial charge < -0.3 is 10.4 Å². The first-order valence-electron chi connectivity index (χ1n) is 9.56. The Labute approximate surface area is 145 Å². The van der Waals surface area contributed by atoms with Gasteiger partial charge in [0.1, 0.15) is 0 Å². The highest BCUT2D eigenvalue weighted by molar-refractivity contribution is 5.54. The first-order chi connectivity index (χ1) is 11.7. The summed E-state index contributed by atoms with van der Waals surface area (Å²) in [5.41, 5.74) is 3.52. The van der Waals surface area contributed by atoms with E-state index in [1.165, 1.54) is 37.9 Å². The molecule has 0 aromatic heterocycles. The zero-order valence-electron chi connectivity index (χ0n) is 14.7. The summed E-state index contributed by atoms with van der Waals surface area (Å²) < 4.78 is 0. The Morgan fingerprint density at radius 3 is 2.71 bits per heavy atom. The van der Waals surface area contributed by atoms with Gasteiger partial charge in [0, 0.05) is 31.7 Å². The van der Waals surface area contributed by atoms with Crippen molar-refractivity contribution >= 4 is 6.08 Å². The molecule has 3 nitrogen and oxygen atoms in total. The minimum absolute atomic E-state index is 0.301. The summed E-state index contributed by atoms with van der Waals surface area (Å²) in [6.45, 7) is 5.85. The summed E-state index contributed by atoms with van der Waals surface area (Å²) in [6, 6.07) is 12.2. The van der Waals surface area contributed by atoms with E-state index in [1.807, 2.05) is 0 Å². The Morgan fingerprint density at radius 2 is 2.04 bits per heavy atom. The van der Waals surface area contributed by atoms with E-state index in [9.17, 15) is 0 Å². The van der Waals surface area contributed by atoms with Crippen LogP contribution in [0.2, 0.25) is 0 Å². The lowest BCUT2D eigenvalue weighted by Crippen LogP contribution is -2.66. The number of aliphatic hydroxyl groups excluding tert-OH is 1. The molecular formula is C21H30N2O. The minimum atomic E-state index is 0.301. The molecule has 3 fully saturated rings. The molecule has 3 heteroatoms. The van der Waals surface area contributed by atoms with Crippen molar-refractivity contribution in [2.45, 2.75) is 44.7 Å². The highest BCUT2D eigenvalue weighted by Crippen LogP contribution is 2.50. The van der Waals surface area contributed by atoms with Crippen LogP contribution < -0.4 is 5.32 Å². The molecule has 1 aromatic rings. The zero-order chi connectivity index (χ0) is 16.6. The molecule has 3 aliphatic rings. The van der Waals surface area contributed by atoms with Gasteiger partial charge in [-0.3, -0.25) is 4.90 Å². The molecule has 1 spiro atoms. The van der Waals surface area contributed by atoms with E-state index in [0.29, 0.717) is 18.1 Å². The molecular weight excluding hydrogens is 296 g/mol. The summed E-state index contributed by atoms with van der Waals surface area (Å²) in [5, 5.41) is 12.9. The average Bonchev–Trinajstić information content (AvgIpc) is 3.28. The first-order valence-corrected chi connectivity index (χ1v) is 9.56. The number of benzene rings is 1. The van der Waals surface area contributed by atoms with E-state index < -0.39 is 0 Å². The summed E-state index contributed by atoms with van der Waals surface area (Å²) in [7, 11) is 0. The largest absolute Gasteiger partial charge is 0.395 e. The molecule has 1 aromatic carbocycles. The number of rotatable bonds is 7. The average molecular weight is 326 g/mol. The minimum Gasteiger partial charge on any atom is -0.395 e.